The number of carbonyl (C=O) groups excluding carboxylic acids is 2. The predicted octanol–water partition coefficient (Wildman–Crippen LogP) is 4.39. The van der Waals surface area contributed by atoms with Crippen LogP contribution < -0.4 is 0 Å². The van der Waals surface area contributed by atoms with E-state index in [9.17, 15) is 9.59 Å². The average molecular weight is 383 g/mol. The molecule has 1 aliphatic rings. The molecule has 0 aromatic carbocycles. The topological polar surface area (TPSA) is 61.8 Å². The van der Waals surface area contributed by atoms with Crippen LogP contribution in [0.15, 0.2) is 24.3 Å². The Morgan fingerprint density at radius 3 is 2.27 bits per heavy atom. The zero-order valence-electron chi connectivity index (χ0n) is 17.2. The Bertz CT molecular complexity index is 545. The third-order valence-corrected chi connectivity index (χ3v) is 9.46. The number of esters is 2. The molecule has 1 heterocycles. The second-order valence-corrected chi connectivity index (χ2v) is 13.4. The smallest absolute Gasteiger partial charge is 0.330 e. The number of ether oxygens (including phenoxy) is 2. The Balaban J connectivity index is 2.89. The Hall–Kier alpha value is -1.40. The Morgan fingerprint density at radius 2 is 1.65 bits per heavy atom. The van der Waals surface area contributed by atoms with Gasteiger partial charge in [-0.25, -0.2) is 9.59 Å². The summed E-state index contributed by atoms with van der Waals surface area (Å²) in [6.07, 6.45) is 6.86. The van der Waals surface area contributed by atoms with E-state index >= 15 is 0 Å². The van der Waals surface area contributed by atoms with Crippen LogP contribution in [-0.4, -0.2) is 39.1 Å². The molecule has 0 N–H and O–H groups in total. The van der Waals surface area contributed by atoms with E-state index in [2.05, 4.69) is 33.9 Å². The second-order valence-electron chi connectivity index (χ2n) is 8.56. The average Bonchev–Trinajstić information content (AvgIpc) is 2.48. The number of cyclic esters (lactones) is 2. The highest BCUT2D eigenvalue weighted by Crippen LogP contribution is 2.37. The molecule has 0 saturated carbocycles. The summed E-state index contributed by atoms with van der Waals surface area (Å²) in [5.41, 5.74) is 0. The minimum Gasteiger partial charge on any atom is -0.459 e. The molecule has 3 atom stereocenters. The van der Waals surface area contributed by atoms with Crippen LogP contribution in [0, 0.1) is 5.92 Å². The van der Waals surface area contributed by atoms with Crippen LogP contribution in [0.3, 0.4) is 0 Å². The van der Waals surface area contributed by atoms with Crippen molar-refractivity contribution in [1.82, 2.24) is 0 Å². The van der Waals surface area contributed by atoms with Gasteiger partial charge < -0.3 is 13.9 Å². The van der Waals surface area contributed by atoms with Crippen molar-refractivity contribution in [3.05, 3.63) is 24.3 Å². The molecular formula is C20H34O5Si. The molecule has 0 aromatic rings. The van der Waals surface area contributed by atoms with Gasteiger partial charge in [0.25, 0.3) is 0 Å². The van der Waals surface area contributed by atoms with Crippen LogP contribution in [0.1, 0.15) is 47.5 Å². The third-order valence-electron chi connectivity index (χ3n) is 4.96. The first-order valence-corrected chi connectivity index (χ1v) is 12.2. The van der Waals surface area contributed by atoms with Gasteiger partial charge in [0.1, 0.15) is 6.10 Å². The molecule has 0 unspecified atom stereocenters. The highest BCUT2D eigenvalue weighted by atomic mass is 28.4. The molecular weight excluding hydrogens is 348 g/mol. The summed E-state index contributed by atoms with van der Waals surface area (Å²) in [7, 11) is -1.90. The molecule has 5 nitrogen and oxygen atoms in total. The van der Waals surface area contributed by atoms with Crippen molar-refractivity contribution >= 4 is 20.3 Å². The van der Waals surface area contributed by atoms with Crippen LogP contribution >= 0.6 is 0 Å². The van der Waals surface area contributed by atoms with Crippen LogP contribution in [0.2, 0.25) is 18.1 Å². The van der Waals surface area contributed by atoms with Crippen molar-refractivity contribution < 1.29 is 23.5 Å². The lowest BCUT2D eigenvalue weighted by Gasteiger charge is -2.37. The van der Waals surface area contributed by atoms with Gasteiger partial charge in [-0.2, -0.15) is 0 Å². The normalized spacial score (nSPS) is 28.8. The Kier molecular flexibility index (Phi) is 8.28. The van der Waals surface area contributed by atoms with Crippen LogP contribution in [0.5, 0.6) is 0 Å². The molecule has 148 valence electrons. The van der Waals surface area contributed by atoms with E-state index in [0.29, 0.717) is 19.4 Å². The quantitative estimate of drug-likeness (QED) is 0.535. The van der Waals surface area contributed by atoms with Gasteiger partial charge in [0.15, 0.2) is 8.32 Å². The minimum atomic E-state index is -1.90. The van der Waals surface area contributed by atoms with E-state index in [-0.39, 0.29) is 35.1 Å². The van der Waals surface area contributed by atoms with Crippen molar-refractivity contribution in [3.63, 3.8) is 0 Å². The lowest BCUT2D eigenvalue weighted by molar-refractivity contribution is -0.143. The number of carbonyl (C=O) groups is 2. The van der Waals surface area contributed by atoms with E-state index < -0.39 is 8.32 Å². The Morgan fingerprint density at radius 1 is 1.08 bits per heavy atom. The first kappa shape index (κ1) is 22.6. The van der Waals surface area contributed by atoms with Crippen LogP contribution in [-0.2, 0) is 23.5 Å². The van der Waals surface area contributed by atoms with E-state index in [4.69, 9.17) is 13.9 Å². The summed E-state index contributed by atoms with van der Waals surface area (Å²) in [6.45, 7) is 15.1. The van der Waals surface area contributed by atoms with Crippen molar-refractivity contribution in [1.29, 1.82) is 0 Å². The fourth-order valence-corrected chi connectivity index (χ4v) is 3.37. The van der Waals surface area contributed by atoms with Crippen molar-refractivity contribution in [2.24, 2.45) is 5.92 Å². The van der Waals surface area contributed by atoms with Gasteiger partial charge >= 0.3 is 11.9 Å². The largest absolute Gasteiger partial charge is 0.459 e. The van der Waals surface area contributed by atoms with Crippen LogP contribution in [0.25, 0.3) is 0 Å². The van der Waals surface area contributed by atoms with Gasteiger partial charge in [-0.1, -0.05) is 32.9 Å². The second kappa shape index (κ2) is 9.51. The molecule has 0 aliphatic carbocycles. The molecule has 0 amide bonds. The number of rotatable bonds is 3. The molecule has 1 aliphatic heterocycles. The summed E-state index contributed by atoms with van der Waals surface area (Å²) in [4.78, 5) is 23.8. The summed E-state index contributed by atoms with van der Waals surface area (Å²) in [5, 5.41) is 0.108. The van der Waals surface area contributed by atoms with E-state index in [0.717, 1.165) is 0 Å². The molecule has 0 radical (unpaired) electrons. The van der Waals surface area contributed by atoms with Crippen LogP contribution in [0.4, 0.5) is 0 Å². The zero-order chi connectivity index (χ0) is 20.0. The van der Waals surface area contributed by atoms with E-state index in [1.54, 1.807) is 13.0 Å². The first-order chi connectivity index (χ1) is 11.9. The lowest BCUT2D eigenvalue weighted by Crippen LogP contribution is -2.42. The standard InChI is InChI=1S/C20H34O5Si/c1-15-9-8-10-18(21)25-16(2)13-17(11-12-19(22)24-15)14-23-26(6,7)20(3,4)5/h8,10-12,15-17H,9,13-14H2,1-7H3/b10-8+,12-11+/t15-,16-,17+/m1/s1. The van der Waals surface area contributed by atoms with Gasteiger partial charge in [-0.05, 0) is 38.4 Å². The monoisotopic (exact) mass is 382 g/mol. The van der Waals surface area contributed by atoms with Gasteiger partial charge in [-0.3, -0.25) is 0 Å². The molecule has 0 spiro atoms. The van der Waals surface area contributed by atoms with Gasteiger partial charge in [0, 0.05) is 31.1 Å². The lowest BCUT2D eigenvalue weighted by atomic mass is 10.0. The molecule has 26 heavy (non-hydrogen) atoms. The van der Waals surface area contributed by atoms with Gasteiger partial charge in [0.2, 0.25) is 0 Å². The number of hydrogen-bond donors (Lipinski definition) is 0. The predicted molar refractivity (Wildman–Crippen MR) is 105 cm³/mol. The van der Waals surface area contributed by atoms with Gasteiger partial charge in [-0.15, -0.1) is 0 Å². The minimum absolute atomic E-state index is 0.0282. The fourth-order valence-electron chi connectivity index (χ4n) is 2.30. The summed E-state index contributed by atoms with van der Waals surface area (Å²) in [6, 6.07) is 0. The first-order valence-electron chi connectivity index (χ1n) is 9.30. The fraction of sp³-hybridized carbons (Fsp3) is 0.700. The van der Waals surface area contributed by atoms with Crippen molar-refractivity contribution in [2.75, 3.05) is 6.61 Å². The molecule has 6 heteroatoms. The maximum absolute atomic E-state index is 12.0. The third kappa shape index (κ3) is 7.87. The summed E-state index contributed by atoms with van der Waals surface area (Å²) < 4.78 is 17.0. The maximum atomic E-state index is 12.0. The van der Waals surface area contributed by atoms with Crippen molar-refractivity contribution in [3.8, 4) is 0 Å². The maximum Gasteiger partial charge on any atom is 0.330 e. The molecule has 0 fully saturated rings. The van der Waals surface area contributed by atoms with E-state index in [1.165, 1.54) is 12.2 Å². The van der Waals surface area contributed by atoms with Crippen molar-refractivity contribution in [2.45, 2.75) is 77.8 Å². The molecule has 0 bridgehead atoms. The van der Waals surface area contributed by atoms with Gasteiger partial charge in [0.05, 0.1) is 6.10 Å². The molecule has 0 saturated heterocycles. The number of hydrogen-bond acceptors (Lipinski definition) is 5. The Labute approximate surface area is 158 Å². The van der Waals surface area contributed by atoms with E-state index in [1.807, 2.05) is 13.0 Å². The molecule has 0 aromatic heterocycles. The highest BCUT2D eigenvalue weighted by Gasteiger charge is 2.37. The molecule has 1 rings (SSSR count). The SMILES string of the molecule is C[C@@H]1C/C=C/C(=O)O[C@H](C)C[C@@H](CO[Si](C)(C)C(C)(C)C)/C=C/C(=O)O1. The summed E-state index contributed by atoms with van der Waals surface area (Å²) >= 11 is 0. The summed E-state index contributed by atoms with van der Waals surface area (Å²) in [5.74, 6) is -0.773. The zero-order valence-corrected chi connectivity index (χ0v) is 18.2. The highest BCUT2D eigenvalue weighted by molar-refractivity contribution is 6.74.